The van der Waals surface area contributed by atoms with Crippen molar-refractivity contribution in [3.63, 3.8) is 0 Å². The molecule has 6 rings (SSSR count). The number of benzene rings is 2. The van der Waals surface area contributed by atoms with Crippen molar-refractivity contribution in [2.75, 3.05) is 10.2 Å². The van der Waals surface area contributed by atoms with Gasteiger partial charge in [0.1, 0.15) is 0 Å². The molecular formula is C25H21Cl2N5O2. The molecule has 1 aliphatic carbocycles. The van der Waals surface area contributed by atoms with E-state index in [-0.39, 0.29) is 41.7 Å². The highest BCUT2D eigenvalue weighted by molar-refractivity contribution is 6.30. The van der Waals surface area contributed by atoms with Gasteiger partial charge in [0.25, 0.3) is 5.95 Å². The molecule has 0 spiro atoms. The quantitative estimate of drug-likeness (QED) is 0.401. The number of halogens is 2. The van der Waals surface area contributed by atoms with Gasteiger partial charge in [-0.2, -0.15) is 4.98 Å². The number of aromatic nitrogens is 3. The van der Waals surface area contributed by atoms with E-state index < -0.39 is 0 Å². The molecule has 1 saturated heterocycles. The second-order valence-electron chi connectivity index (χ2n) is 8.90. The molecule has 34 heavy (non-hydrogen) atoms. The molecule has 4 atom stereocenters. The van der Waals surface area contributed by atoms with Crippen molar-refractivity contribution in [1.82, 2.24) is 14.8 Å². The molecule has 0 bridgehead atoms. The number of carbonyl (C=O) groups is 2. The van der Waals surface area contributed by atoms with E-state index in [1.54, 1.807) is 4.68 Å². The Kier molecular flexibility index (Phi) is 5.19. The lowest BCUT2D eigenvalue weighted by Crippen LogP contribution is -2.32. The molecule has 3 aromatic rings. The number of fused-ring (bicyclic) bond motifs is 2. The van der Waals surface area contributed by atoms with Gasteiger partial charge in [-0.25, -0.2) is 9.58 Å². The highest BCUT2D eigenvalue weighted by Crippen LogP contribution is 2.41. The van der Waals surface area contributed by atoms with Gasteiger partial charge in [-0.05, 0) is 54.7 Å². The lowest BCUT2D eigenvalue weighted by atomic mass is 9.85. The number of carbonyl (C=O) groups excluding carboxylic acids is 2. The number of anilines is 2. The molecule has 0 radical (unpaired) electrons. The average molecular weight is 494 g/mol. The van der Waals surface area contributed by atoms with E-state index in [4.69, 9.17) is 23.2 Å². The Bertz CT molecular complexity index is 1280. The van der Waals surface area contributed by atoms with Crippen LogP contribution in [0.25, 0.3) is 0 Å². The summed E-state index contributed by atoms with van der Waals surface area (Å²) in [5.41, 5.74) is 2.07. The smallest absolute Gasteiger partial charge is 0.260 e. The average Bonchev–Trinajstić information content (AvgIpc) is 3.38. The fourth-order valence-corrected chi connectivity index (χ4v) is 5.39. The number of rotatable bonds is 3. The fourth-order valence-electron chi connectivity index (χ4n) is 5.13. The number of hydrogen-bond donors (Lipinski definition) is 1. The van der Waals surface area contributed by atoms with Crippen LogP contribution in [0, 0.1) is 11.8 Å². The summed E-state index contributed by atoms with van der Waals surface area (Å²) in [6.45, 7) is 0. The summed E-state index contributed by atoms with van der Waals surface area (Å²) in [6.07, 6.45) is 5.77. The van der Waals surface area contributed by atoms with Gasteiger partial charge in [-0.15, -0.1) is 5.10 Å². The van der Waals surface area contributed by atoms with Crippen LogP contribution < -0.4 is 10.2 Å². The lowest BCUT2D eigenvalue weighted by Gasteiger charge is -2.31. The van der Waals surface area contributed by atoms with Gasteiger partial charge in [0, 0.05) is 10.0 Å². The molecule has 7 nitrogen and oxygen atoms in total. The van der Waals surface area contributed by atoms with Crippen molar-refractivity contribution >= 4 is 46.9 Å². The molecule has 9 heteroatoms. The third kappa shape index (κ3) is 3.51. The van der Waals surface area contributed by atoms with E-state index >= 15 is 0 Å². The zero-order valence-corrected chi connectivity index (χ0v) is 19.6. The van der Waals surface area contributed by atoms with E-state index in [9.17, 15) is 9.59 Å². The summed E-state index contributed by atoms with van der Waals surface area (Å²) in [5.74, 6) is -0.476. The summed E-state index contributed by atoms with van der Waals surface area (Å²) >= 11 is 12.2. The number of allylic oxidation sites excluding steroid dienone is 2. The van der Waals surface area contributed by atoms with Gasteiger partial charge in [-0.1, -0.05) is 59.6 Å². The molecule has 3 heterocycles. The van der Waals surface area contributed by atoms with Crippen LogP contribution in [-0.4, -0.2) is 26.6 Å². The minimum absolute atomic E-state index is 0.0562. The second kappa shape index (κ2) is 8.25. The first-order chi connectivity index (χ1) is 16.5. The SMILES string of the molecule is O=C1[C@H]2CC=CC[C@H]2C(=O)N1c1nc2n(n1)[C@H](c1ccc(Cl)cc1)C[C@H](c1ccc(Cl)cc1)N2. The standard InChI is InChI=1S/C25H21Cl2N5O2/c26-16-9-5-14(6-10-16)20-13-21(15-7-11-17(27)12-8-15)32-24(28-20)29-25(30-32)31-22(33)18-3-1-2-4-19(18)23(31)34/h1-2,5-12,18-21H,3-4,13H2,(H,28,29,30)/t18-,19+,20-,21+/m1/s1. The Balaban J connectivity index is 1.40. The Morgan fingerprint density at radius 2 is 1.38 bits per heavy atom. The normalized spacial score (nSPS) is 25.8. The van der Waals surface area contributed by atoms with E-state index in [1.165, 1.54) is 4.90 Å². The number of hydrogen-bond acceptors (Lipinski definition) is 5. The first-order valence-corrected chi connectivity index (χ1v) is 12.0. The van der Waals surface area contributed by atoms with Crippen LogP contribution in [0.4, 0.5) is 11.9 Å². The summed E-state index contributed by atoms with van der Waals surface area (Å²) < 4.78 is 1.77. The number of imide groups is 1. The molecule has 2 aromatic carbocycles. The Hall–Kier alpha value is -3.16. The van der Waals surface area contributed by atoms with E-state index in [2.05, 4.69) is 15.4 Å². The molecule has 1 fully saturated rings. The molecule has 0 unspecified atom stereocenters. The molecule has 1 N–H and O–H groups in total. The topological polar surface area (TPSA) is 80.1 Å². The van der Waals surface area contributed by atoms with Crippen LogP contribution in [-0.2, 0) is 9.59 Å². The molecule has 3 aliphatic rings. The van der Waals surface area contributed by atoms with Gasteiger partial charge in [-0.3, -0.25) is 9.59 Å². The van der Waals surface area contributed by atoms with Crippen molar-refractivity contribution in [1.29, 1.82) is 0 Å². The van der Waals surface area contributed by atoms with Crippen LogP contribution in [0.5, 0.6) is 0 Å². The highest BCUT2D eigenvalue weighted by Gasteiger charge is 2.49. The van der Waals surface area contributed by atoms with Crippen LogP contribution in [0.3, 0.4) is 0 Å². The molecule has 2 aliphatic heterocycles. The van der Waals surface area contributed by atoms with Gasteiger partial charge >= 0.3 is 0 Å². The van der Waals surface area contributed by atoms with Crippen LogP contribution >= 0.6 is 23.2 Å². The van der Waals surface area contributed by atoms with Crippen molar-refractivity contribution in [2.45, 2.75) is 31.3 Å². The van der Waals surface area contributed by atoms with Gasteiger partial charge < -0.3 is 5.32 Å². The van der Waals surface area contributed by atoms with Gasteiger partial charge in [0.2, 0.25) is 17.8 Å². The maximum Gasteiger partial charge on any atom is 0.260 e. The number of amides is 2. The number of nitrogens with one attached hydrogen (secondary N) is 1. The second-order valence-corrected chi connectivity index (χ2v) is 9.77. The molecule has 1 aromatic heterocycles. The van der Waals surface area contributed by atoms with E-state index in [0.29, 0.717) is 35.3 Å². The Labute approximate surface area is 206 Å². The Morgan fingerprint density at radius 3 is 1.97 bits per heavy atom. The maximum atomic E-state index is 13.1. The minimum atomic E-state index is -0.333. The predicted octanol–water partition coefficient (Wildman–Crippen LogP) is 5.19. The first kappa shape index (κ1) is 21.4. The van der Waals surface area contributed by atoms with Gasteiger partial charge in [0.15, 0.2) is 0 Å². The third-order valence-electron chi connectivity index (χ3n) is 6.91. The molecule has 0 saturated carbocycles. The van der Waals surface area contributed by atoms with Crippen molar-refractivity contribution in [3.8, 4) is 0 Å². The van der Waals surface area contributed by atoms with E-state index in [1.807, 2.05) is 60.7 Å². The third-order valence-corrected chi connectivity index (χ3v) is 7.42. The Morgan fingerprint density at radius 1 is 0.824 bits per heavy atom. The van der Waals surface area contributed by atoms with E-state index in [0.717, 1.165) is 11.1 Å². The minimum Gasteiger partial charge on any atom is -0.347 e. The summed E-state index contributed by atoms with van der Waals surface area (Å²) in [6, 6.07) is 15.1. The lowest BCUT2D eigenvalue weighted by molar-refractivity contribution is -0.122. The van der Waals surface area contributed by atoms with Crippen molar-refractivity contribution < 1.29 is 9.59 Å². The van der Waals surface area contributed by atoms with Gasteiger partial charge in [0.05, 0.1) is 23.9 Å². The van der Waals surface area contributed by atoms with Crippen LogP contribution in [0.15, 0.2) is 60.7 Å². The van der Waals surface area contributed by atoms with Crippen LogP contribution in [0.2, 0.25) is 10.0 Å². The molecule has 2 amide bonds. The molecular weight excluding hydrogens is 473 g/mol. The summed E-state index contributed by atoms with van der Waals surface area (Å²) in [7, 11) is 0. The highest BCUT2D eigenvalue weighted by atomic mass is 35.5. The molecule has 172 valence electrons. The zero-order valence-electron chi connectivity index (χ0n) is 18.1. The first-order valence-electron chi connectivity index (χ1n) is 11.3. The summed E-state index contributed by atoms with van der Waals surface area (Å²) in [5, 5.41) is 9.42. The maximum absolute atomic E-state index is 13.1. The summed E-state index contributed by atoms with van der Waals surface area (Å²) in [4.78, 5) is 32.0. The predicted molar refractivity (Wildman–Crippen MR) is 130 cm³/mol. The van der Waals surface area contributed by atoms with Crippen molar-refractivity contribution in [3.05, 3.63) is 81.9 Å². The van der Waals surface area contributed by atoms with Crippen molar-refractivity contribution in [2.24, 2.45) is 11.8 Å². The fraction of sp³-hybridized carbons (Fsp3) is 0.280. The number of nitrogens with zero attached hydrogens (tertiary/aromatic N) is 4. The monoisotopic (exact) mass is 493 g/mol. The largest absolute Gasteiger partial charge is 0.347 e. The zero-order chi connectivity index (χ0) is 23.4. The van der Waals surface area contributed by atoms with Crippen LogP contribution in [0.1, 0.15) is 42.5 Å².